The second-order valence-electron chi connectivity index (χ2n) is 4.36. The van der Waals surface area contributed by atoms with Crippen molar-refractivity contribution in [2.24, 2.45) is 5.10 Å². The summed E-state index contributed by atoms with van der Waals surface area (Å²) in [5.74, 6) is -0.340. The van der Waals surface area contributed by atoms with Crippen molar-refractivity contribution >= 4 is 36.1 Å². The van der Waals surface area contributed by atoms with Crippen LogP contribution in [0.5, 0.6) is 0 Å². The number of nitrogens with one attached hydrogen (secondary N) is 3. The van der Waals surface area contributed by atoms with Crippen molar-refractivity contribution < 1.29 is 4.79 Å². The molecule has 0 aliphatic carbocycles. The first-order valence-corrected chi connectivity index (χ1v) is 7.98. The Labute approximate surface area is 136 Å². The van der Waals surface area contributed by atoms with E-state index in [4.69, 9.17) is 12.2 Å². The molecule has 0 saturated heterocycles. The highest BCUT2D eigenvalue weighted by Crippen LogP contribution is 2.13. The van der Waals surface area contributed by atoms with Crippen LogP contribution in [-0.2, 0) is 11.2 Å². The molecule has 3 N–H and O–H groups in total. The van der Waals surface area contributed by atoms with Crippen LogP contribution in [0.1, 0.15) is 11.3 Å². The average Bonchev–Trinajstić information content (AvgIpc) is 2.47. The molecular formula is C14H14N4O2S2. The SMILES string of the molecule is CSc1ccc(/C=N\NC(=O)Cc2cc(=O)[nH]c(=S)[nH]2)cc1. The van der Waals surface area contributed by atoms with Crippen molar-refractivity contribution in [1.29, 1.82) is 0 Å². The fraction of sp³-hybridized carbons (Fsp3) is 0.143. The van der Waals surface area contributed by atoms with E-state index in [-0.39, 0.29) is 22.7 Å². The Kier molecular flexibility index (Phi) is 5.68. The van der Waals surface area contributed by atoms with Gasteiger partial charge in [-0.3, -0.25) is 14.6 Å². The van der Waals surface area contributed by atoms with E-state index in [0.29, 0.717) is 5.69 Å². The summed E-state index contributed by atoms with van der Waals surface area (Å²) in [6, 6.07) is 9.07. The number of hydrogen-bond donors (Lipinski definition) is 3. The standard InChI is InChI=1S/C14H14N4O2S2/c1-22-11-4-2-9(3-5-11)8-15-18-13(20)7-10-6-12(19)17-14(21)16-10/h2-6,8H,7H2,1H3,(H,18,20)(H2,16,17,19,21)/b15-8-. The predicted octanol–water partition coefficient (Wildman–Crippen LogP) is 1.85. The normalized spacial score (nSPS) is 10.8. The van der Waals surface area contributed by atoms with Gasteiger partial charge in [-0.15, -0.1) is 11.8 Å². The first-order valence-electron chi connectivity index (χ1n) is 6.35. The monoisotopic (exact) mass is 334 g/mol. The molecule has 1 heterocycles. The summed E-state index contributed by atoms with van der Waals surface area (Å²) in [5, 5.41) is 3.88. The lowest BCUT2D eigenvalue weighted by atomic mass is 10.2. The molecule has 0 bridgehead atoms. The van der Waals surface area contributed by atoms with Gasteiger partial charge in [0.05, 0.1) is 12.6 Å². The van der Waals surface area contributed by atoms with E-state index in [1.54, 1.807) is 18.0 Å². The van der Waals surface area contributed by atoms with Gasteiger partial charge in [0.2, 0.25) is 5.91 Å². The van der Waals surface area contributed by atoms with Crippen LogP contribution in [0.2, 0.25) is 0 Å². The van der Waals surface area contributed by atoms with Crippen LogP contribution in [0.25, 0.3) is 0 Å². The van der Waals surface area contributed by atoms with Crippen molar-refractivity contribution in [3.8, 4) is 0 Å². The van der Waals surface area contributed by atoms with E-state index in [0.717, 1.165) is 10.5 Å². The molecule has 0 spiro atoms. The number of rotatable bonds is 5. The molecular weight excluding hydrogens is 320 g/mol. The number of H-pyrrole nitrogens is 2. The van der Waals surface area contributed by atoms with Gasteiger partial charge in [-0.2, -0.15) is 5.10 Å². The fourth-order valence-corrected chi connectivity index (χ4v) is 2.34. The van der Waals surface area contributed by atoms with E-state index in [1.165, 1.54) is 6.07 Å². The highest BCUT2D eigenvalue weighted by Gasteiger charge is 2.03. The second-order valence-corrected chi connectivity index (χ2v) is 5.64. The maximum atomic E-state index is 11.7. The zero-order valence-electron chi connectivity index (χ0n) is 11.8. The quantitative estimate of drug-likeness (QED) is 0.337. The van der Waals surface area contributed by atoms with Gasteiger partial charge >= 0.3 is 0 Å². The highest BCUT2D eigenvalue weighted by atomic mass is 32.2. The van der Waals surface area contributed by atoms with Crippen LogP contribution >= 0.6 is 24.0 Å². The summed E-state index contributed by atoms with van der Waals surface area (Å²) in [7, 11) is 0. The molecule has 2 rings (SSSR count). The summed E-state index contributed by atoms with van der Waals surface area (Å²) < 4.78 is 0.188. The Hall–Kier alpha value is -2.19. The first-order chi connectivity index (χ1) is 10.6. The molecule has 1 aromatic heterocycles. The van der Waals surface area contributed by atoms with Gasteiger partial charge in [0.15, 0.2) is 4.77 Å². The largest absolute Gasteiger partial charge is 0.335 e. The van der Waals surface area contributed by atoms with Crippen LogP contribution in [-0.4, -0.2) is 28.3 Å². The molecule has 0 saturated carbocycles. The van der Waals surface area contributed by atoms with Crippen molar-refractivity contribution in [3.63, 3.8) is 0 Å². The second kappa shape index (κ2) is 7.71. The van der Waals surface area contributed by atoms with Crippen LogP contribution in [0.3, 0.4) is 0 Å². The zero-order valence-corrected chi connectivity index (χ0v) is 13.4. The summed E-state index contributed by atoms with van der Waals surface area (Å²) in [5.41, 5.74) is 3.38. The molecule has 0 fully saturated rings. The number of thioether (sulfide) groups is 1. The first kappa shape index (κ1) is 16.2. The van der Waals surface area contributed by atoms with Gasteiger partial charge in [-0.1, -0.05) is 12.1 Å². The summed E-state index contributed by atoms with van der Waals surface area (Å²) >= 11 is 6.49. The Morgan fingerprint density at radius 2 is 2.09 bits per heavy atom. The third-order valence-corrected chi connectivity index (χ3v) is 3.63. The van der Waals surface area contributed by atoms with Crippen molar-refractivity contribution in [1.82, 2.24) is 15.4 Å². The molecule has 1 amide bonds. The van der Waals surface area contributed by atoms with Crippen LogP contribution in [0.15, 0.2) is 45.1 Å². The number of aromatic nitrogens is 2. The highest BCUT2D eigenvalue weighted by molar-refractivity contribution is 7.98. The molecule has 1 aromatic carbocycles. The topological polar surface area (TPSA) is 90.1 Å². The third kappa shape index (κ3) is 4.97. The molecule has 0 radical (unpaired) electrons. The number of aromatic amines is 2. The Morgan fingerprint density at radius 1 is 1.36 bits per heavy atom. The number of hydrazone groups is 1. The van der Waals surface area contributed by atoms with Gasteiger partial charge in [0.25, 0.3) is 5.56 Å². The molecule has 0 aliphatic heterocycles. The predicted molar refractivity (Wildman–Crippen MR) is 89.9 cm³/mol. The van der Waals surface area contributed by atoms with Gasteiger partial charge in [-0.25, -0.2) is 5.43 Å². The maximum absolute atomic E-state index is 11.7. The Morgan fingerprint density at radius 3 is 2.73 bits per heavy atom. The molecule has 6 nitrogen and oxygen atoms in total. The van der Waals surface area contributed by atoms with Crippen molar-refractivity contribution in [2.75, 3.05) is 6.26 Å². The molecule has 2 aromatic rings. The lowest BCUT2D eigenvalue weighted by molar-refractivity contribution is -0.120. The number of hydrogen-bond acceptors (Lipinski definition) is 5. The fourth-order valence-electron chi connectivity index (χ4n) is 1.70. The minimum Gasteiger partial charge on any atom is -0.335 e. The Balaban J connectivity index is 1.92. The lowest BCUT2D eigenvalue weighted by Gasteiger charge is -2.00. The van der Waals surface area contributed by atoms with Crippen LogP contribution in [0.4, 0.5) is 0 Å². The van der Waals surface area contributed by atoms with Gasteiger partial charge in [0, 0.05) is 16.7 Å². The number of carbonyl (C=O) groups excluding carboxylic acids is 1. The molecule has 0 unspecified atom stereocenters. The number of benzene rings is 1. The molecule has 0 aliphatic rings. The summed E-state index contributed by atoms with van der Waals surface area (Å²) in [4.78, 5) is 29.3. The molecule has 114 valence electrons. The minimum atomic E-state index is -0.344. The summed E-state index contributed by atoms with van der Waals surface area (Å²) in [6.07, 6.45) is 3.56. The van der Waals surface area contributed by atoms with Crippen LogP contribution in [0, 0.1) is 4.77 Å². The van der Waals surface area contributed by atoms with E-state index in [9.17, 15) is 9.59 Å². The van der Waals surface area contributed by atoms with E-state index in [2.05, 4.69) is 20.5 Å². The van der Waals surface area contributed by atoms with E-state index in [1.807, 2.05) is 30.5 Å². The zero-order chi connectivity index (χ0) is 15.9. The molecule has 8 heteroatoms. The van der Waals surface area contributed by atoms with Crippen molar-refractivity contribution in [3.05, 3.63) is 56.7 Å². The third-order valence-electron chi connectivity index (χ3n) is 2.69. The van der Waals surface area contributed by atoms with Crippen molar-refractivity contribution in [2.45, 2.75) is 11.3 Å². The van der Waals surface area contributed by atoms with E-state index < -0.39 is 0 Å². The molecule has 0 atom stereocenters. The Bertz CT molecular complexity index is 765. The number of carbonyl (C=O) groups is 1. The minimum absolute atomic E-state index is 0.00366. The lowest BCUT2D eigenvalue weighted by Crippen LogP contribution is -2.21. The van der Waals surface area contributed by atoms with Gasteiger partial charge in [-0.05, 0) is 36.2 Å². The molecule has 22 heavy (non-hydrogen) atoms. The number of nitrogens with zero attached hydrogens (tertiary/aromatic N) is 1. The van der Waals surface area contributed by atoms with Crippen LogP contribution < -0.4 is 11.0 Å². The van der Waals surface area contributed by atoms with E-state index >= 15 is 0 Å². The maximum Gasteiger partial charge on any atom is 0.251 e. The van der Waals surface area contributed by atoms with Gasteiger partial charge < -0.3 is 4.98 Å². The number of amides is 1. The smallest absolute Gasteiger partial charge is 0.251 e. The average molecular weight is 334 g/mol. The van der Waals surface area contributed by atoms with Gasteiger partial charge in [0.1, 0.15) is 0 Å². The summed E-state index contributed by atoms with van der Waals surface area (Å²) in [6.45, 7) is 0.